The Morgan fingerprint density at radius 3 is 2.24 bits per heavy atom. The number of esters is 1. The molecule has 63 heavy (non-hydrogen) atoms. The first-order valence-corrected chi connectivity index (χ1v) is 23.4. The van der Waals surface area contributed by atoms with E-state index in [4.69, 9.17) is 18.9 Å². The number of Topliss-reactive ketones (excluding diaryl/α,β-unsaturated/α-hetero) is 3. The topological polar surface area (TPSA) is 186 Å². The molecule has 1 saturated carbocycles. The van der Waals surface area contributed by atoms with Gasteiger partial charge in [-0.2, -0.15) is 0 Å². The Morgan fingerprint density at radius 1 is 0.825 bits per heavy atom. The van der Waals surface area contributed by atoms with Crippen LogP contribution in [0.15, 0.2) is 47.6 Å². The van der Waals surface area contributed by atoms with Crippen molar-refractivity contribution in [1.82, 2.24) is 4.90 Å². The van der Waals surface area contributed by atoms with E-state index in [1.54, 1.807) is 34.0 Å². The maximum atomic E-state index is 14.2. The number of aliphatic hydroxyl groups is 3. The number of aliphatic hydroxyl groups excluding tert-OH is 2. The van der Waals surface area contributed by atoms with Crippen molar-refractivity contribution in [3.8, 4) is 0 Å². The number of allylic oxidation sites excluding steroid dienone is 6. The molecular formula is C50H77NO12. The molecule has 1 amide bonds. The van der Waals surface area contributed by atoms with Crippen LogP contribution in [0, 0.1) is 35.5 Å². The Kier molecular flexibility index (Phi) is 20.1. The molecule has 0 aromatic carbocycles. The van der Waals surface area contributed by atoms with Gasteiger partial charge in [0.1, 0.15) is 30.1 Å². The van der Waals surface area contributed by atoms with Gasteiger partial charge in [0.05, 0.1) is 18.3 Å². The van der Waals surface area contributed by atoms with Crippen molar-refractivity contribution < 1.29 is 58.2 Å². The van der Waals surface area contributed by atoms with Crippen molar-refractivity contribution in [2.45, 2.75) is 180 Å². The second-order valence-electron chi connectivity index (χ2n) is 19.2. The van der Waals surface area contributed by atoms with Crippen molar-refractivity contribution in [1.29, 1.82) is 0 Å². The van der Waals surface area contributed by atoms with Crippen molar-refractivity contribution in [2.24, 2.45) is 35.5 Å². The fourth-order valence-corrected chi connectivity index (χ4v) is 9.84. The highest BCUT2D eigenvalue weighted by atomic mass is 16.6. The molecule has 3 aliphatic heterocycles. The number of ether oxygens (including phenoxy) is 4. The summed E-state index contributed by atoms with van der Waals surface area (Å²) in [5, 5.41) is 33.6. The molecule has 3 N–H and O–H groups in total. The summed E-state index contributed by atoms with van der Waals surface area (Å²) in [7, 11) is 2.96. The van der Waals surface area contributed by atoms with E-state index in [1.165, 1.54) is 12.0 Å². The first-order chi connectivity index (χ1) is 29.8. The number of amides is 1. The van der Waals surface area contributed by atoms with E-state index in [0.717, 1.165) is 18.4 Å². The number of cyclic esters (lactones) is 1. The Morgan fingerprint density at radius 2 is 1.56 bits per heavy atom. The predicted molar refractivity (Wildman–Crippen MR) is 239 cm³/mol. The van der Waals surface area contributed by atoms with Crippen molar-refractivity contribution in [2.75, 3.05) is 20.8 Å². The highest BCUT2D eigenvalue weighted by Crippen LogP contribution is 2.37. The smallest absolute Gasteiger partial charge is 0.329 e. The molecule has 0 aromatic heterocycles. The standard InChI is InChI=1S/C50H77NO12/c1-30-15-11-10-12-16-31(2)43(60-8)29-39-21-18-36(7)50(59,63-39)47(56)48(57)51-24-14-13-17-40(51)49(58)62-38(22-19-37-20-23-41(52)33(4)27-37)28-42(53)32(3)26-35(6)45(55)46(61-9)44(54)34(5)25-30/h10-12,15-16,26,30,32-34,36-41,43,45-46,52,55,59H,13-14,17-25,27-29H2,1-9H3/b12-10?,15-11+,31-16?,35-26+/t30-,32-,33-,34-,36-,37-,38-,39+,40+,41-,43+,45-,46+,50-/m1/s1. The molecular weight excluding hydrogens is 807 g/mol. The molecule has 13 nitrogen and oxygen atoms in total. The molecule has 3 fully saturated rings. The minimum atomic E-state index is -2.41. The van der Waals surface area contributed by atoms with E-state index in [-0.39, 0.29) is 54.8 Å². The van der Waals surface area contributed by atoms with E-state index in [1.807, 2.05) is 58.1 Å². The molecule has 0 spiro atoms. The number of methoxy groups -OCH3 is 2. The van der Waals surface area contributed by atoms with Crippen LogP contribution >= 0.6 is 0 Å². The number of carbonyl (C=O) groups is 5. The highest BCUT2D eigenvalue weighted by molar-refractivity contribution is 6.39. The average Bonchev–Trinajstić information content (AvgIpc) is 3.25. The third kappa shape index (κ3) is 14.1. The monoisotopic (exact) mass is 884 g/mol. The van der Waals surface area contributed by atoms with Gasteiger partial charge >= 0.3 is 5.97 Å². The van der Waals surface area contributed by atoms with Crippen LogP contribution in [0.4, 0.5) is 0 Å². The summed E-state index contributed by atoms with van der Waals surface area (Å²) in [5.74, 6) is -7.19. The van der Waals surface area contributed by atoms with Gasteiger partial charge in [-0.15, -0.1) is 0 Å². The fourth-order valence-electron chi connectivity index (χ4n) is 9.84. The molecule has 3 heterocycles. The largest absolute Gasteiger partial charge is 0.460 e. The van der Waals surface area contributed by atoms with Gasteiger partial charge in [0, 0.05) is 51.4 Å². The summed E-state index contributed by atoms with van der Waals surface area (Å²) in [6, 6.07) is -1.11. The third-order valence-corrected chi connectivity index (χ3v) is 14.1. The summed E-state index contributed by atoms with van der Waals surface area (Å²) >= 11 is 0. The lowest BCUT2D eigenvalue weighted by molar-refractivity contribution is -0.265. The Bertz CT molecular complexity index is 1700. The first kappa shape index (κ1) is 52.3. The van der Waals surface area contributed by atoms with Gasteiger partial charge in [-0.25, -0.2) is 4.79 Å². The molecule has 0 radical (unpaired) electrons. The minimum Gasteiger partial charge on any atom is -0.460 e. The van der Waals surface area contributed by atoms with Crippen LogP contribution in [-0.2, 0) is 42.9 Å². The van der Waals surface area contributed by atoms with Crippen LogP contribution in [0.1, 0.15) is 132 Å². The first-order valence-electron chi connectivity index (χ1n) is 23.4. The predicted octanol–water partition coefficient (Wildman–Crippen LogP) is 6.56. The number of carbonyl (C=O) groups excluding carboxylic acids is 5. The number of fused-ring (bicyclic) bond motifs is 3. The number of hydrogen-bond donors (Lipinski definition) is 3. The maximum absolute atomic E-state index is 14.2. The number of rotatable bonds is 5. The summed E-state index contributed by atoms with van der Waals surface area (Å²) in [6.07, 6.45) is 12.9. The molecule has 354 valence electrons. The SMILES string of the molecule is CO[C@H]1C[C@@H]2CC[C@@H](C)[C@@](O)(O2)C(=O)C(=O)N2CCCC[C@H]2C(=O)O[C@H](CC[C@@H]2CC[C@@H](O)[C@H](C)C2)CC(=O)[C@H](C)/C=C(\C)[C@@H](O)[C@@H](OC)C(=O)[C@H](C)C[C@H](C)/C=C/C=CC=C1C. The zero-order valence-electron chi connectivity index (χ0n) is 39.3. The number of ketones is 3. The second-order valence-corrected chi connectivity index (χ2v) is 19.2. The van der Waals surface area contributed by atoms with Gasteiger partial charge in [-0.1, -0.05) is 71.1 Å². The Balaban J connectivity index is 1.67. The lowest BCUT2D eigenvalue weighted by atomic mass is 9.78. The summed E-state index contributed by atoms with van der Waals surface area (Å²) < 4.78 is 23.7. The Hall–Kier alpha value is -3.33. The quantitative estimate of drug-likeness (QED) is 0.154. The molecule has 2 saturated heterocycles. The maximum Gasteiger partial charge on any atom is 0.329 e. The molecule has 0 aromatic rings. The van der Waals surface area contributed by atoms with Gasteiger partial charge in [0.15, 0.2) is 5.78 Å². The van der Waals surface area contributed by atoms with Gasteiger partial charge < -0.3 is 39.2 Å². The molecule has 2 bridgehead atoms. The van der Waals surface area contributed by atoms with E-state index in [2.05, 4.69) is 0 Å². The molecule has 1 aliphatic carbocycles. The van der Waals surface area contributed by atoms with Crippen molar-refractivity contribution in [3.05, 3.63) is 47.6 Å². The Labute approximate surface area is 375 Å². The van der Waals surface area contributed by atoms with Crippen LogP contribution < -0.4 is 0 Å². The van der Waals surface area contributed by atoms with Gasteiger partial charge in [-0.05, 0) is 113 Å². The number of nitrogens with zero attached hydrogens (tertiary/aromatic N) is 1. The highest BCUT2D eigenvalue weighted by Gasteiger charge is 2.53. The van der Waals surface area contributed by atoms with E-state index in [9.17, 15) is 39.3 Å². The number of hydrogen-bond acceptors (Lipinski definition) is 12. The van der Waals surface area contributed by atoms with Gasteiger partial charge in [0.25, 0.3) is 11.7 Å². The molecule has 14 atom stereocenters. The van der Waals surface area contributed by atoms with Crippen LogP contribution in [0.25, 0.3) is 0 Å². The van der Waals surface area contributed by atoms with E-state index < -0.39 is 77.8 Å². The van der Waals surface area contributed by atoms with E-state index in [0.29, 0.717) is 63.4 Å². The second kappa shape index (κ2) is 24.3. The molecule has 0 unspecified atom stereocenters. The summed E-state index contributed by atoms with van der Waals surface area (Å²) in [6.45, 7) is 12.9. The zero-order chi connectivity index (χ0) is 46.6. The lowest BCUT2D eigenvalue weighted by Crippen LogP contribution is -2.60. The van der Waals surface area contributed by atoms with Crippen LogP contribution in [0.3, 0.4) is 0 Å². The average molecular weight is 884 g/mol. The minimum absolute atomic E-state index is 0.0282. The normalized spacial score (nSPS) is 39.5. The third-order valence-electron chi connectivity index (χ3n) is 14.1. The summed E-state index contributed by atoms with van der Waals surface area (Å²) in [4.78, 5) is 71.2. The number of piperidine rings is 1. The molecule has 4 rings (SSSR count). The fraction of sp³-hybridized carbons (Fsp3) is 0.740. The summed E-state index contributed by atoms with van der Waals surface area (Å²) in [5.41, 5.74) is 1.29. The van der Waals surface area contributed by atoms with Crippen LogP contribution in [-0.4, -0.2) is 119 Å². The van der Waals surface area contributed by atoms with Crippen LogP contribution in [0.2, 0.25) is 0 Å². The lowest BCUT2D eigenvalue weighted by Gasteiger charge is -2.42. The van der Waals surface area contributed by atoms with E-state index >= 15 is 0 Å². The van der Waals surface area contributed by atoms with Crippen LogP contribution in [0.5, 0.6) is 0 Å². The molecule has 13 heteroatoms. The van der Waals surface area contributed by atoms with Gasteiger partial charge in [-0.3, -0.25) is 19.2 Å². The zero-order valence-corrected chi connectivity index (χ0v) is 39.3. The van der Waals surface area contributed by atoms with Gasteiger partial charge in [0.2, 0.25) is 5.79 Å². The van der Waals surface area contributed by atoms with Crippen molar-refractivity contribution in [3.63, 3.8) is 0 Å². The van der Waals surface area contributed by atoms with Crippen molar-refractivity contribution >= 4 is 29.2 Å². The molecule has 4 aliphatic rings.